The Kier molecular flexibility index (Phi) is 4.91. The summed E-state index contributed by atoms with van der Waals surface area (Å²) in [5.41, 5.74) is 2.31. The molecule has 1 heterocycles. The molecule has 3 aromatic rings. The maximum absolute atomic E-state index is 12.3. The van der Waals surface area contributed by atoms with Crippen molar-refractivity contribution in [3.8, 4) is 11.3 Å². The SMILES string of the molecule is CN(C)CCCNC(=O)c1ccc2noc(-c3ccccc3)c2c1. The quantitative estimate of drug-likeness (QED) is 0.708. The Hall–Kier alpha value is -2.66. The number of aromatic nitrogens is 1. The Morgan fingerprint density at radius 3 is 2.71 bits per heavy atom. The Morgan fingerprint density at radius 1 is 1.17 bits per heavy atom. The van der Waals surface area contributed by atoms with E-state index in [-0.39, 0.29) is 5.91 Å². The van der Waals surface area contributed by atoms with Crippen molar-refractivity contribution >= 4 is 16.8 Å². The van der Waals surface area contributed by atoms with Gasteiger partial charge in [-0.15, -0.1) is 0 Å². The van der Waals surface area contributed by atoms with E-state index in [1.807, 2.05) is 56.6 Å². The molecule has 0 bridgehead atoms. The van der Waals surface area contributed by atoms with Crippen molar-refractivity contribution in [1.29, 1.82) is 0 Å². The van der Waals surface area contributed by atoms with Crippen molar-refractivity contribution < 1.29 is 9.32 Å². The van der Waals surface area contributed by atoms with Crippen LogP contribution in [0.2, 0.25) is 0 Å². The lowest BCUT2D eigenvalue weighted by Crippen LogP contribution is -2.27. The second-order valence-corrected chi connectivity index (χ2v) is 6.02. The molecule has 1 aromatic heterocycles. The summed E-state index contributed by atoms with van der Waals surface area (Å²) >= 11 is 0. The first-order valence-corrected chi connectivity index (χ1v) is 8.03. The Morgan fingerprint density at radius 2 is 1.96 bits per heavy atom. The lowest BCUT2D eigenvalue weighted by atomic mass is 10.1. The molecule has 5 nitrogen and oxygen atoms in total. The molecule has 5 heteroatoms. The fourth-order valence-corrected chi connectivity index (χ4v) is 2.58. The largest absolute Gasteiger partial charge is 0.355 e. The van der Waals surface area contributed by atoms with Crippen LogP contribution in [0.3, 0.4) is 0 Å². The maximum atomic E-state index is 12.3. The second kappa shape index (κ2) is 7.27. The van der Waals surface area contributed by atoms with Gasteiger partial charge in [-0.25, -0.2) is 0 Å². The van der Waals surface area contributed by atoms with E-state index in [1.165, 1.54) is 0 Å². The average Bonchev–Trinajstić information content (AvgIpc) is 3.02. The summed E-state index contributed by atoms with van der Waals surface area (Å²) in [6.07, 6.45) is 0.920. The van der Waals surface area contributed by atoms with Gasteiger partial charge in [0.2, 0.25) is 0 Å². The minimum Gasteiger partial charge on any atom is -0.355 e. The molecule has 3 rings (SSSR count). The zero-order valence-electron chi connectivity index (χ0n) is 14.0. The molecule has 1 N–H and O–H groups in total. The van der Waals surface area contributed by atoms with Crippen LogP contribution in [0.5, 0.6) is 0 Å². The molecule has 24 heavy (non-hydrogen) atoms. The van der Waals surface area contributed by atoms with Crippen molar-refractivity contribution in [1.82, 2.24) is 15.4 Å². The van der Waals surface area contributed by atoms with Crippen molar-refractivity contribution in [2.45, 2.75) is 6.42 Å². The van der Waals surface area contributed by atoms with Gasteiger partial charge in [0.15, 0.2) is 5.76 Å². The van der Waals surface area contributed by atoms with Crippen LogP contribution in [-0.4, -0.2) is 43.1 Å². The van der Waals surface area contributed by atoms with Gasteiger partial charge in [-0.05, 0) is 45.3 Å². The third-order valence-corrected chi connectivity index (χ3v) is 3.84. The first-order chi connectivity index (χ1) is 11.6. The number of amides is 1. The lowest BCUT2D eigenvalue weighted by Gasteiger charge is -2.10. The van der Waals surface area contributed by atoms with Crippen molar-refractivity contribution in [3.05, 3.63) is 54.1 Å². The van der Waals surface area contributed by atoms with E-state index in [1.54, 1.807) is 6.07 Å². The summed E-state index contributed by atoms with van der Waals surface area (Å²) in [4.78, 5) is 14.4. The summed E-state index contributed by atoms with van der Waals surface area (Å²) in [7, 11) is 4.04. The van der Waals surface area contributed by atoms with Crippen LogP contribution in [0.1, 0.15) is 16.8 Å². The lowest BCUT2D eigenvalue weighted by molar-refractivity contribution is 0.0952. The van der Waals surface area contributed by atoms with E-state index in [4.69, 9.17) is 4.52 Å². The van der Waals surface area contributed by atoms with Gasteiger partial charge in [0, 0.05) is 17.7 Å². The van der Waals surface area contributed by atoms with Crippen LogP contribution in [-0.2, 0) is 0 Å². The number of hydrogen-bond acceptors (Lipinski definition) is 4. The van der Waals surface area contributed by atoms with E-state index in [0.717, 1.165) is 29.4 Å². The predicted molar refractivity (Wildman–Crippen MR) is 94.9 cm³/mol. The Bertz CT molecular complexity index is 825. The van der Waals surface area contributed by atoms with Crippen LogP contribution in [0.15, 0.2) is 53.1 Å². The first-order valence-electron chi connectivity index (χ1n) is 8.03. The number of benzene rings is 2. The van der Waals surface area contributed by atoms with Gasteiger partial charge in [-0.3, -0.25) is 4.79 Å². The summed E-state index contributed by atoms with van der Waals surface area (Å²) < 4.78 is 5.47. The van der Waals surface area contributed by atoms with Gasteiger partial charge in [0.25, 0.3) is 5.91 Å². The number of fused-ring (bicyclic) bond motifs is 1. The van der Waals surface area contributed by atoms with Gasteiger partial charge >= 0.3 is 0 Å². The van der Waals surface area contributed by atoms with Gasteiger partial charge in [-0.1, -0.05) is 35.5 Å². The maximum Gasteiger partial charge on any atom is 0.251 e. The third-order valence-electron chi connectivity index (χ3n) is 3.84. The Labute approximate surface area is 141 Å². The first kappa shape index (κ1) is 16.2. The van der Waals surface area contributed by atoms with Crippen LogP contribution >= 0.6 is 0 Å². The highest BCUT2D eigenvalue weighted by Gasteiger charge is 2.13. The molecule has 0 aliphatic heterocycles. The van der Waals surface area contributed by atoms with E-state index < -0.39 is 0 Å². The number of hydrogen-bond donors (Lipinski definition) is 1. The average molecular weight is 323 g/mol. The minimum absolute atomic E-state index is 0.0733. The highest BCUT2D eigenvalue weighted by molar-refractivity contribution is 6.00. The molecule has 2 aromatic carbocycles. The fourth-order valence-electron chi connectivity index (χ4n) is 2.58. The smallest absolute Gasteiger partial charge is 0.251 e. The highest BCUT2D eigenvalue weighted by Crippen LogP contribution is 2.29. The van der Waals surface area contributed by atoms with Crippen molar-refractivity contribution in [3.63, 3.8) is 0 Å². The molecule has 0 saturated carbocycles. The molecule has 124 valence electrons. The van der Waals surface area contributed by atoms with Crippen LogP contribution in [0.25, 0.3) is 22.2 Å². The van der Waals surface area contributed by atoms with Gasteiger partial charge < -0.3 is 14.7 Å². The predicted octanol–water partition coefficient (Wildman–Crippen LogP) is 3.18. The molecular weight excluding hydrogens is 302 g/mol. The molecule has 0 atom stereocenters. The summed E-state index contributed by atoms with van der Waals surface area (Å²) in [5.74, 6) is 0.615. The summed E-state index contributed by atoms with van der Waals surface area (Å²) in [5, 5.41) is 7.88. The molecule has 0 unspecified atom stereocenters. The minimum atomic E-state index is -0.0733. The van der Waals surface area contributed by atoms with Crippen LogP contribution in [0.4, 0.5) is 0 Å². The van der Waals surface area contributed by atoms with E-state index in [9.17, 15) is 4.79 Å². The van der Waals surface area contributed by atoms with Crippen LogP contribution in [0, 0.1) is 0 Å². The normalized spacial score (nSPS) is 11.1. The van der Waals surface area contributed by atoms with E-state index >= 15 is 0 Å². The summed E-state index contributed by atoms with van der Waals surface area (Å²) in [6, 6.07) is 15.2. The molecule has 0 radical (unpaired) electrons. The van der Waals surface area contributed by atoms with E-state index in [0.29, 0.717) is 17.9 Å². The molecule has 0 aliphatic rings. The molecular formula is C19H21N3O2. The van der Waals surface area contributed by atoms with Gasteiger partial charge in [-0.2, -0.15) is 0 Å². The monoisotopic (exact) mass is 323 g/mol. The topological polar surface area (TPSA) is 58.4 Å². The third kappa shape index (κ3) is 3.63. The second-order valence-electron chi connectivity index (χ2n) is 6.02. The number of nitrogens with zero attached hydrogens (tertiary/aromatic N) is 2. The molecule has 0 saturated heterocycles. The van der Waals surface area contributed by atoms with Gasteiger partial charge in [0.1, 0.15) is 5.52 Å². The van der Waals surface area contributed by atoms with Crippen molar-refractivity contribution in [2.75, 3.05) is 27.2 Å². The number of nitrogens with one attached hydrogen (secondary N) is 1. The molecule has 1 amide bonds. The number of carbonyl (C=O) groups is 1. The zero-order chi connectivity index (χ0) is 16.9. The molecule has 0 fully saturated rings. The fraction of sp³-hybridized carbons (Fsp3) is 0.263. The van der Waals surface area contributed by atoms with E-state index in [2.05, 4.69) is 15.4 Å². The van der Waals surface area contributed by atoms with Crippen molar-refractivity contribution in [2.24, 2.45) is 0 Å². The van der Waals surface area contributed by atoms with Crippen LogP contribution < -0.4 is 5.32 Å². The zero-order valence-corrected chi connectivity index (χ0v) is 14.0. The van der Waals surface area contributed by atoms with Gasteiger partial charge in [0.05, 0.1) is 5.39 Å². The highest BCUT2D eigenvalue weighted by atomic mass is 16.5. The Balaban J connectivity index is 1.79. The number of carbonyl (C=O) groups excluding carboxylic acids is 1. The summed E-state index contributed by atoms with van der Waals surface area (Å²) in [6.45, 7) is 1.60. The standard InChI is InChI=1S/C19H21N3O2/c1-22(2)12-6-11-20-19(23)15-9-10-17-16(13-15)18(24-21-17)14-7-4-3-5-8-14/h3-5,7-10,13H,6,11-12H2,1-2H3,(H,20,23). The molecule has 0 spiro atoms. The molecule has 0 aliphatic carbocycles. The number of rotatable bonds is 6.